The smallest absolute Gasteiger partial charge is 0.133 e. The minimum Gasteiger partial charge on any atom is -0.496 e. The van der Waals surface area contributed by atoms with Gasteiger partial charge in [-0.3, -0.25) is 0 Å². The van der Waals surface area contributed by atoms with Crippen LogP contribution in [-0.2, 0) is 0 Å². The molecular formula is C15H19N3O. The molecular weight excluding hydrogens is 238 g/mol. The van der Waals surface area contributed by atoms with Gasteiger partial charge in [-0.05, 0) is 36.9 Å². The Kier molecular flexibility index (Phi) is 3.03. The molecule has 0 atom stereocenters. The van der Waals surface area contributed by atoms with Crippen LogP contribution in [0.15, 0.2) is 30.5 Å². The van der Waals surface area contributed by atoms with E-state index in [4.69, 9.17) is 10.5 Å². The van der Waals surface area contributed by atoms with E-state index in [-0.39, 0.29) is 0 Å². The molecule has 0 unspecified atom stereocenters. The van der Waals surface area contributed by atoms with E-state index in [0.717, 1.165) is 35.4 Å². The molecule has 19 heavy (non-hydrogen) atoms. The standard InChI is InChI=1S/C15H19N3O/c1-19-13-4-2-3-12-11(13)5-8-17-14(12)18-10-15(9-16)6-7-15/h2-5,8H,6-7,9-10,16H2,1H3,(H,17,18). The van der Waals surface area contributed by atoms with Crippen molar-refractivity contribution in [2.24, 2.45) is 11.1 Å². The third-order valence-electron chi connectivity index (χ3n) is 4.01. The van der Waals surface area contributed by atoms with Crippen molar-refractivity contribution in [3.8, 4) is 5.75 Å². The second kappa shape index (κ2) is 4.70. The van der Waals surface area contributed by atoms with E-state index in [1.807, 2.05) is 24.4 Å². The SMILES string of the molecule is COc1cccc2c(NCC3(CN)CC3)nccc12. The Labute approximate surface area is 113 Å². The van der Waals surface area contributed by atoms with Crippen molar-refractivity contribution < 1.29 is 4.74 Å². The zero-order valence-corrected chi connectivity index (χ0v) is 11.1. The van der Waals surface area contributed by atoms with Crippen molar-refractivity contribution in [1.29, 1.82) is 0 Å². The Morgan fingerprint density at radius 3 is 2.84 bits per heavy atom. The fourth-order valence-electron chi connectivity index (χ4n) is 2.40. The van der Waals surface area contributed by atoms with Gasteiger partial charge in [0.25, 0.3) is 0 Å². The number of hydrogen-bond acceptors (Lipinski definition) is 4. The zero-order chi connectivity index (χ0) is 13.3. The summed E-state index contributed by atoms with van der Waals surface area (Å²) in [6, 6.07) is 8.00. The first-order valence-electron chi connectivity index (χ1n) is 6.64. The summed E-state index contributed by atoms with van der Waals surface area (Å²) in [5.41, 5.74) is 6.11. The number of anilines is 1. The topological polar surface area (TPSA) is 60.2 Å². The van der Waals surface area contributed by atoms with Gasteiger partial charge in [-0.1, -0.05) is 12.1 Å². The zero-order valence-electron chi connectivity index (χ0n) is 11.1. The number of methoxy groups -OCH3 is 1. The quantitative estimate of drug-likeness (QED) is 0.863. The first-order chi connectivity index (χ1) is 9.28. The highest BCUT2D eigenvalue weighted by atomic mass is 16.5. The van der Waals surface area contributed by atoms with Gasteiger partial charge in [0.15, 0.2) is 0 Å². The molecule has 100 valence electrons. The highest BCUT2D eigenvalue weighted by Gasteiger charge is 2.40. The van der Waals surface area contributed by atoms with E-state index in [0.29, 0.717) is 5.41 Å². The molecule has 3 N–H and O–H groups in total. The molecule has 1 heterocycles. The van der Waals surface area contributed by atoms with E-state index >= 15 is 0 Å². The number of nitrogens with two attached hydrogens (primary N) is 1. The van der Waals surface area contributed by atoms with Crippen LogP contribution in [0.25, 0.3) is 10.8 Å². The largest absolute Gasteiger partial charge is 0.496 e. The predicted octanol–water partition coefficient (Wildman–Crippen LogP) is 2.39. The number of ether oxygens (including phenoxy) is 1. The van der Waals surface area contributed by atoms with Crippen molar-refractivity contribution in [2.75, 3.05) is 25.5 Å². The van der Waals surface area contributed by atoms with Crippen LogP contribution in [0.3, 0.4) is 0 Å². The molecule has 0 aliphatic heterocycles. The lowest BCUT2D eigenvalue weighted by atomic mass is 10.1. The lowest BCUT2D eigenvalue weighted by Crippen LogP contribution is -2.24. The maximum Gasteiger partial charge on any atom is 0.133 e. The molecule has 1 aliphatic carbocycles. The normalized spacial score (nSPS) is 16.3. The Morgan fingerprint density at radius 1 is 1.32 bits per heavy atom. The molecule has 1 fully saturated rings. The van der Waals surface area contributed by atoms with Crippen LogP contribution in [0.2, 0.25) is 0 Å². The summed E-state index contributed by atoms with van der Waals surface area (Å²) in [5, 5.41) is 5.62. The molecule has 0 saturated heterocycles. The molecule has 1 saturated carbocycles. The van der Waals surface area contributed by atoms with Crippen LogP contribution >= 0.6 is 0 Å². The predicted molar refractivity (Wildman–Crippen MR) is 77.5 cm³/mol. The fourth-order valence-corrected chi connectivity index (χ4v) is 2.40. The Balaban J connectivity index is 1.91. The number of nitrogens with zero attached hydrogens (tertiary/aromatic N) is 1. The van der Waals surface area contributed by atoms with Crippen molar-refractivity contribution in [2.45, 2.75) is 12.8 Å². The molecule has 3 rings (SSSR count). The Morgan fingerprint density at radius 2 is 2.16 bits per heavy atom. The molecule has 0 radical (unpaired) electrons. The molecule has 1 aromatic carbocycles. The molecule has 2 aromatic rings. The van der Waals surface area contributed by atoms with Gasteiger partial charge in [-0.25, -0.2) is 4.98 Å². The number of fused-ring (bicyclic) bond motifs is 1. The number of pyridine rings is 1. The van der Waals surface area contributed by atoms with E-state index in [9.17, 15) is 0 Å². The molecule has 4 nitrogen and oxygen atoms in total. The number of benzene rings is 1. The van der Waals surface area contributed by atoms with Crippen LogP contribution in [0.5, 0.6) is 5.75 Å². The average Bonchev–Trinajstić information content (AvgIpc) is 3.25. The monoisotopic (exact) mass is 257 g/mol. The van der Waals surface area contributed by atoms with Crippen LogP contribution in [0, 0.1) is 5.41 Å². The van der Waals surface area contributed by atoms with E-state index in [1.54, 1.807) is 7.11 Å². The van der Waals surface area contributed by atoms with Crippen LogP contribution in [0.1, 0.15) is 12.8 Å². The first kappa shape index (κ1) is 12.2. The van der Waals surface area contributed by atoms with Gasteiger partial charge in [-0.2, -0.15) is 0 Å². The lowest BCUT2D eigenvalue weighted by molar-refractivity contribution is 0.420. The molecule has 0 bridgehead atoms. The lowest BCUT2D eigenvalue weighted by Gasteiger charge is -2.15. The summed E-state index contributed by atoms with van der Waals surface area (Å²) in [6.07, 6.45) is 4.24. The van der Waals surface area contributed by atoms with E-state index in [2.05, 4.69) is 16.4 Å². The van der Waals surface area contributed by atoms with Gasteiger partial charge in [-0.15, -0.1) is 0 Å². The maximum absolute atomic E-state index is 5.81. The van der Waals surface area contributed by atoms with Gasteiger partial charge in [0, 0.05) is 23.5 Å². The van der Waals surface area contributed by atoms with Gasteiger partial charge in [0.2, 0.25) is 0 Å². The number of hydrogen-bond donors (Lipinski definition) is 2. The third-order valence-corrected chi connectivity index (χ3v) is 4.01. The second-order valence-electron chi connectivity index (χ2n) is 5.27. The van der Waals surface area contributed by atoms with Crippen molar-refractivity contribution in [3.05, 3.63) is 30.5 Å². The van der Waals surface area contributed by atoms with Gasteiger partial charge < -0.3 is 15.8 Å². The molecule has 0 amide bonds. The Hall–Kier alpha value is -1.81. The summed E-state index contributed by atoms with van der Waals surface area (Å²) in [7, 11) is 1.69. The van der Waals surface area contributed by atoms with Crippen molar-refractivity contribution >= 4 is 16.6 Å². The number of nitrogens with one attached hydrogen (secondary N) is 1. The molecule has 1 aliphatic rings. The van der Waals surface area contributed by atoms with Crippen molar-refractivity contribution in [3.63, 3.8) is 0 Å². The summed E-state index contributed by atoms with van der Waals surface area (Å²) in [6.45, 7) is 1.64. The van der Waals surface area contributed by atoms with Crippen LogP contribution < -0.4 is 15.8 Å². The summed E-state index contributed by atoms with van der Waals surface area (Å²) in [5.74, 6) is 1.79. The van der Waals surface area contributed by atoms with Crippen molar-refractivity contribution in [1.82, 2.24) is 4.98 Å². The molecule has 0 spiro atoms. The van der Waals surface area contributed by atoms with Gasteiger partial charge in [0.1, 0.15) is 11.6 Å². The summed E-state index contributed by atoms with van der Waals surface area (Å²) in [4.78, 5) is 4.44. The van der Waals surface area contributed by atoms with Gasteiger partial charge in [0.05, 0.1) is 7.11 Å². The highest BCUT2D eigenvalue weighted by Crippen LogP contribution is 2.44. The second-order valence-corrected chi connectivity index (χ2v) is 5.27. The fraction of sp³-hybridized carbons (Fsp3) is 0.400. The Bertz CT molecular complexity index is 593. The van der Waals surface area contributed by atoms with Gasteiger partial charge >= 0.3 is 0 Å². The maximum atomic E-state index is 5.81. The summed E-state index contributed by atoms with van der Waals surface area (Å²) >= 11 is 0. The average molecular weight is 257 g/mol. The third kappa shape index (κ3) is 2.24. The van der Waals surface area contributed by atoms with E-state index < -0.39 is 0 Å². The number of aromatic nitrogens is 1. The minimum absolute atomic E-state index is 0.294. The van der Waals surface area contributed by atoms with E-state index in [1.165, 1.54) is 12.8 Å². The highest BCUT2D eigenvalue weighted by molar-refractivity contribution is 5.95. The minimum atomic E-state index is 0.294. The summed E-state index contributed by atoms with van der Waals surface area (Å²) < 4.78 is 5.39. The van der Waals surface area contributed by atoms with Crippen LogP contribution in [0.4, 0.5) is 5.82 Å². The van der Waals surface area contributed by atoms with Crippen LogP contribution in [-0.4, -0.2) is 25.2 Å². The molecule has 4 heteroatoms. The first-order valence-corrected chi connectivity index (χ1v) is 6.64. The molecule has 1 aromatic heterocycles. The number of rotatable bonds is 5.